The number of aryl methyl sites for hydroxylation is 2. The van der Waals surface area contributed by atoms with E-state index in [0.717, 1.165) is 90.4 Å². The molecule has 0 bridgehead atoms. The van der Waals surface area contributed by atoms with Gasteiger partial charge in [-0.1, -0.05) is 237 Å². The first-order chi connectivity index (χ1) is 42.3. The maximum Gasteiger partial charge on any atom is 0.222 e. The van der Waals surface area contributed by atoms with Crippen LogP contribution in [-0.2, 0) is 51.4 Å². The Morgan fingerprint density at radius 1 is 0.433 bits per heavy atom. The topological polar surface area (TPSA) is 28.9 Å². The van der Waals surface area contributed by atoms with E-state index in [0.29, 0.717) is 52.0 Å². The van der Waals surface area contributed by atoms with Crippen LogP contribution in [-0.4, -0.2) is 5.11 Å². The van der Waals surface area contributed by atoms with Crippen LogP contribution in [0.5, 0.6) is 5.75 Å². The van der Waals surface area contributed by atoms with Crippen molar-refractivity contribution in [1.82, 2.24) is 0 Å². The number of aromatic hydroxyl groups is 1. The molecule has 0 saturated heterocycles. The van der Waals surface area contributed by atoms with Crippen molar-refractivity contribution in [2.24, 2.45) is 41.4 Å². The minimum atomic E-state index is -0.428. The highest BCUT2D eigenvalue weighted by atomic mass is 35.5. The van der Waals surface area contributed by atoms with Crippen LogP contribution in [0.3, 0.4) is 0 Å². The quantitative estimate of drug-likeness (QED) is 0.0583. The van der Waals surface area contributed by atoms with E-state index in [1.165, 1.54) is 39.9 Å². The molecule has 7 rings (SSSR count). The molecule has 0 aromatic heterocycles. The molecule has 1 N–H and O–H groups in total. The van der Waals surface area contributed by atoms with Crippen molar-refractivity contribution in [3.8, 4) is 30.4 Å². The average Bonchev–Trinajstić information content (AvgIpc) is 3.68. The van der Waals surface area contributed by atoms with Gasteiger partial charge in [0.2, 0.25) is 5.69 Å². The Morgan fingerprint density at radius 2 is 0.811 bits per heavy atom. The largest absolute Gasteiger partial charge is 0.506 e. The molecule has 8 heteroatoms. The Morgan fingerprint density at radius 3 is 1.23 bits per heavy atom. The van der Waals surface area contributed by atoms with Crippen LogP contribution in [0.25, 0.3) is 9.69 Å². The molecule has 0 atom stereocenters. The van der Waals surface area contributed by atoms with Crippen LogP contribution in [0, 0.1) is 109 Å². The number of phenols is 1. The summed E-state index contributed by atoms with van der Waals surface area (Å²) in [6.07, 6.45) is 18.4. The molecule has 0 fully saturated rings. The van der Waals surface area contributed by atoms with Crippen molar-refractivity contribution < 1.29 is 22.7 Å². The van der Waals surface area contributed by atoms with Crippen molar-refractivity contribution in [3.05, 3.63) is 251 Å². The molecule has 0 amide bonds. The number of benzene rings is 7. The lowest BCUT2D eigenvalue weighted by Gasteiger charge is -2.11. The first-order valence-electron chi connectivity index (χ1n) is 31.8. The molecule has 0 radical (unpaired) electrons. The Hall–Kier alpha value is -7.55. The summed E-state index contributed by atoms with van der Waals surface area (Å²) >= 11 is 5.67. The fraction of sp³-hybridized carbons (Fsp3) is 0.415. The summed E-state index contributed by atoms with van der Waals surface area (Å²) in [5.41, 5.74) is 13.5. The number of hydrogen-bond acceptors (Lipinski definition) is 1. The van der Waals surface area contributed by atoms with Gasteiger partial charge in [0.15, 0.2) is 5.69 Å². The van der Waals surface area contributed by atoms with Gasteiger partial charge in [0.05, 0.1) is 23.7 Å². The van der Waals surface area contributed by atoms with E-state index in [4.69, 9.17) is 37.6 Å². The van der Waals surface area contributed by atoms with Gasteiger partial charge in [-0.2, -0.15) is 0 Å². The van der Waals surface area contributed by atoms with Crippen molar-refractivity contribution in [2.45, 2.75) is 182 Å². The van der Waals surface area contributed by atoms with Crippen LogP contribution in [0.4, 0.5) is 28.9 Å². The van der Waals surface area contributed by atoms with Crippen LogP contribution >= 0.6 is 11.6 Å². The second-order valence-corrected chi connectivity index (χ2v) is 26.6. The van der Waals surface area contributed by atoms with Gasteiger partial charge in [0.1, 0.15) is 29.0 Å². The fourth-order valence-corrected chi connectivity index (χ4v) is 9.58. The van der Waals surface area contributed by atoms with Crippen molar-refractivity contribution in [2.75, 3.05) is 0 Å². The van der Waals surface area contributed by atoms with E-state index >= 15 is 0 Å². The third kappa shape index (κ3) is 33.9. The molecule has 482 valence electrons. The van der Waals surface area contributed by atoms with Gasteiger partial charge in [-0.25, -0.2) is 27.3 Å². The highest BCUT2D eigenvalue weighted by Crippen LogP contribution is 2.26. The normalized spacial score (nSPS) is 10.4. The monoisotopic (exact) mass is 1240 g/mol. The van der Waals surface area contributed by atoms with Crippen LogP contribution in [0.1, 0.15) is 190 Å². The molecule has 0 aliphatic rings. The summed E-state index contributed by atoms with van der Waals surface area (Å²) in [5.74, 6) is 8.90. The average molecular weight is 1240 g/mol. The fourth-order valence-electron chi connectivity index (χ4n) is 9.46. The van der Waals surface area contributed by atoms with E-state index < -0.39 is 5.82 Å². The summed E-state index contributed by atoms with van der Waals surface area (Å²) in [6, 6.07) is 40.3. The van der Waals surface area contributed by atoms with Gasteiger partial charge in [0, 0.05) is 5.56 Å². The third-order valence-electron chi connectivity index (χ3n) is 13.5. The van der Waals surface area contributed by atoms with Gasteiger partial charge in [-0.05, 0) is 199 Å². The highest BCUT2D eigenvalue weighted by Gasteiger charge is 2.10. The summed E-state index contributed by atoms with van der Waals surface area (Å²) < 4.78 is 52.3. The van der Waals surface area contributed by atoms with E-state index in [1.54, 1.807) is 48.5 Å². The minimum absolute atomic E-state index is 0.0741. The third-order valence-corrected chi connectivity index (χ3v) is 13.8. The number of terminal acetylenes is 2. The van der Waals surface area contributed by atoms with Gasteiger partial charge < -0.3 is 5.11 Å². The summed E-state index contributed by atoms with van der Waals surface area (Å²) in [7, 11) is 0. The number of nitrogens with zero attached hydrogens (tertiary/aromatic N) is 2. The molecule has 7 aromatic rings. The van der Waals surface area contributed by atoms with Crippen LogP contribution in [0.2, 0.25) is 5.02 Å². The second kappa shape index (κ2) is 43.2. The summed E-state index contributed by atoms with van der Waals surface area (Å²) in [5, 5.41) is 9.70. The SMILES string of the molecule is C#Cc1cc(CC(C)C)ccc1C.C#Cc1cc(CC(C)C)ccc1F.CC(C)Cc1ccc(Cl)c(O)c1.CC(C)Cc1ccc(F)c(C(C)C)c1.CCc1cc(CC(C)C)ccc1F.[C-]#[N+]c1cc(CC(C)C)ccc1F.[C-]#[N+]c1cccc(CC(C)C)c1. The van der Waals surface area contributed by atoms with Gasteiger partial charge >= 0.3 is 0 Å². The molecule has 0 saturated carbocycles. The Bertz CT molecular complexity index is 3250. The zero-order chi connectivity index (χ0) is 68.2. The lowest BCUT2D eigenvalue weighted by Crippen LogP contribution is -1.98. The maximum absolute atomic E-state index is 13.4. The molecular formula is C82H103ClF4N2O. The van der Waals surface area contributed by atoms with Crippen LogP contribution in [0.15, 0.2) is 133 Å². The Labute approximate surface area is 547 Å². The van der Waals surface area contributed by atoms with Gasteiger partial charge in [-0.15, -0.1) is 12.8 Å². The smallest absolute Gasteiger partial charge is 0.222 e. The molecule has 0 spiro atoms. The van der Waals surface area contributed by atoms with Crippen molar-refractivity contribution in [3.63, 3.8) is 0 Å². The molecule has 7 aromatic carbocycles. The van der Waals surface area contributed by atoms with Gasteiger partial charge in [-0.3, -0.25) is 0 Å². The molecule has 0 unspecified atom stereocenters. The summed E-state index contributed by atoms with van der Waals surface area (Å²) in [4.78, 5) is 6.50. The molecule has 0 heterocycles. The zero-order valence-electron chi connectivity index (χ0n) is 57.4. The first-order valence-corrected chi connectivity index (χ1v) is 32.2. The Kier molecular flexibility index (Phi) is 38.6. The molecular weight excluding hydrogens is 1140 g/mol. The van der Waals surface area contributed by atoms with Crippen molar-refractivity contribution in [1.29, 1.82) is 0 Å². The van der Waals surface area contributed by atoms with Crippen LogP contribution < -0.4 is 0 Å². The lowest BCUT2D eigenvalue weighted by molar-refractivity contribution is 0.474. The number of rotatable bonds is 16. The van der Waals surface area contributed by atoms with Gasteiger partial charge in [0.25, 0.3) is 0 Å². The van der Waals surface area contributed by atoms with E-state index in [2.05, 4.69) is 143 Å². The number of hydrogen-bond donors (Lipinski definition) is 1. The highest BCUT2D eigenvalue weighted by molar-refractivity contribution is 6.32. The first kappa shape index (κ1) is 80.5. The van der Waals surface area contributed by atoms with E-state index in [9.17, 15) is 22.7 Å². The summed E-state index contributed by atoms with van der Waals surface area (Å²) in [6.45, 7) is 51.9. The number of halogens is 5. The molecule has 0 aliphatic carbocycles. The van der Waals surface area contributed by atoms with E-state index in [1.807, 2.05) is 76.2 Å². The Balaban J connectivity index is 0.000000525. The number of phenolic OH excluding ortho intramolecular Hbond substituents is 1. The predicted molar refractivity (Wildman–Crippen MR) is 378 cm³/mol. The van der Waals surface area contributed by atoms with E-state index in [-0.39, 0.29) is 34.8 Å². The predicted octanol–water partition coefficient (Wildman–Crippen LogP) is 24.2. The zero-order valence-corrected chi connectivity index (χ0v) is 58.1. The second-order valence-electron chi connectivity index (χ2n) is 26.2. The van der Waals surface area contributed by atoms with Crippen molar-refractivity contribution >= 4 is 23.0 Å². The standard InChI is InChI=1S/C13H19F.C13H16.C12H17F.C12H13F.C11H12FN.C11H13N.C10H13ClO/c1-9(2)7-11-5-6-13(14)12(8-11)10(3)4;1-5-13-9-12(8-10(2)3)7-6-11(13)4;2*1-4-11-8-10(7-9(2)3)5-6-12(11)13;1-8(2)6-9-4-5-10(12)11(7-9)13-3;1-9(2)7-10-5-4-6-11(8-10)12-3;1-7(2)5-8-3-4-9(11)10(12)6-8/h5-6,8-10H,7H2,1-4H3;1,6-7,9-10H,8H2,2-4H3;5-6,8-9H,4,7H2,1-3H3;1,5-6,8-9H,7H2,2-3H3;4-5,7-8H,6H2,1-2H3;4-6,8-9H,7H2,1-2H3;3-4,6-7,12H,5H2,1-2H3. The molecule has 90 heavy (non-hydrogen) atoms. The molecule has 3 nitrogen and oxygen atoms in total. The maximum atomic E-state index is 13.4. The lowest BCUT2D eigenvalue weighted by atomic mass is 9.96. The molecule has 0 aliphatic heterocycles. The minimum Gasteiger partial charge on any atom is -0.506 e.